The highest BCUT2D eigenvalue weighted by molar-refractivity contribution is 5.27. The smallest absolute Gasteiger partial charge is 0.258 e. The molecule has 3 rings (SSSR count). The van der Waals surface area contributed by atoms with Crippen molar-refractivity contribution in [2.24, 2.45) is 0 Å². The van der Waals surface area contributed by atoms with E-state index in [1.807, 2.05) is 0 Å². The lowest BCUT2D eigenvalue weighted by atomic mass is 10.8. The standard InChI is InChI=1S/C8H7N9/c9-6-13-7(16-2-1-10-4-16)15-8(14-6)17-5-11-3-12-17/h1-5H,(H2,9,13,14,15). The molecule has 0 aliphatic rings. The molecule has 0 atom stereocenters. The van der Waals surface area contributed by atoms with Crippen LogP contribution in [0.2, 0.25) is 0 Å². The van der Waals surface area contributed by atoms with Gasteiger partial charge in [-0.2, -0.15) is 24.7 Å². The van der Waals surface area contributed by atoms with Gasteiger partial charge in [0, 0.05) is 12.4 Å². The molecule has 0 saturated heterocycles. The molecule has 0 bridgehead atoms. The van der Waals surface area contributed by atoms with Crippen LogP contribution in [0.15, 0.2) is 31.4 Å². The Morgan fingerprint density at radius 3 is 2.59 bits per heavy atom. The molecule has 0 unspecified atom stereocenters. The summed E-state index contributed by atoms with van der Waals surface area (Å²) in [6, 6.07) is 0. The Labute approximate surface area is 95.0 Å². The van der Waals surface area contributed by atoms with E-state index >= 15 is 0 Å². The molecule has 0 radical (unpaired) electrons. The number of nitrogen functional groups attached to an aromatic ring is 1. The number of nitrogens with two attached hydrogens (primary N) is 1. The van der Waals surface area contributed by atoms with Gasteiger partial charge in [-0.15, -0.1) is 0 Å². The molecule has 0 fully saturated rings. The van der Waals surface area contributed by atoms with Gasteiger partial charge in [0.1, 0.15) is 19.0 Å². The van der Waals surface area contributed by atoms with Gasteiger partial charge >= 0.3 is 0 Å². The topological polar surface area (TPSA) is 113 Å². The van der Waals surface area contributed by atoms with E-state index in [1.54, 1.807) is 23.3 Å². The molecular formula is C8H7N9. The number of hydrogen-bond donors (Lipinski definition) is 1. The second-order valence-corrected chi connectivity index (χ2v) is 3.10. The highest BCUT2D eigenvalue weighted by atomic mass is 15.4. The quantitative estimate of drug-likeness (QED) is 0.613. The molecule has 0 aromatic carbocycles. The van der Waals surface area contributed by atoms with Gasteiger partial charge in [0.15, 0.2) is 0 Å². The number of rotatable bonds is 2. The first kappa shape index (κ1) is 9.39. The van der Waals surface area contributed by atoms with Crippen molar-refractivity contribution in [1.29, 1.82) is 0 Å². The summed E-state index contributed by atoms with van der Waals surface area (Å²) >= 11 is 0. The van der Waals surface area contributed by atoms with Crippen LogP contribution in [0.4, 0.5) is 5.95 Å². The molecule has 0 spiro atoms. The average Bonchev–Trinajstić information content (AvgIpc) is 3.02. The van der Waals surface area contributed by atoms with Gasteiger partial charge < -0.3 is 5.73 Å². The zero-order valence-corrected chi connectivity index (χ0v) is 8.54. The van der Waals surface area contributed by atoms with Gasteiger partial charge in [-0.05, 0) is 0 Å². The van der Waals surface area contributed by atoms with Crippen molar-refractivity contribution in [2.45, 2.75) is 0 Å². The van der Waals surface area contributed by atoms with Crippen LogP contribution < -0.4 is 5.73 Å². The summed E-state index contributed by atoms with van der Waals surface area (Å²) in [6.45, 7) is 0. The van der Waals surface area contributed by atoms with Crippen molar-refractivity contribution in [3.8, 4) is 11.9 Å². The predicted molar refractivity (Wildman–Crippen MR) is 56.3 cm³/mol. The van der Waals surface area contributed by atoms with Crippen LogP contribution in [-0.4, -0.2) is 39.3 Å². The predicted octanol–water partition coefficient (Wildman–Crippen LogP) is -0.780. The van der Waals surface area contributed by atoms with Gasteiger partial charge in [-0.1, -0.05) is 0 Å². The van der Waals surface area contributed by atoms with E-state index in [9.17, 15) is 0 Å². The molecule has 3 aromatic rings. The van der Waals surface area contributed by atoms with Crippen LogP contribution in [0, 0.1) is 0 Å². The molecular weight excluding hydrogens is 222 g/mol. The normalized spacial score (nSPS) is 10.6. The maximum Gasteiger partial charge on any atom is 0.258 e. The number of nitrogens with zero attached hydrogens (tertiary/aromatic N) is 8. The van der Waals surface area contributed by atoms with Crippen molar-refractivity contribution < 1.29 is 0 Å². The minimum atomic E-state index is 0.106. The second-order valence-electron chi connectivity index (χ2n) is 3.10. The minimum Gasteiger partial charge on any atom is -0.368 e. The molecule has 84 valence electrons. The molecule has 17 heavy (non-hydrogen) atoms. The number of aromatic nitrogens is 8. The first-order valence-electron chi connectivity index (χ1n) is 4.68. The lowest BCUT2D eigenvalue weighted by molar-refractivity contribution is 0.777. The van der Waals surface area contributed by atoms with Gasteiger partial charge in [0.05, 0.1) is 0 Å². The van der Waals surface area contributed by atoms with Crippen molar-refractivity contribution in [1.82, 2.24) is 39.3 Å². The average molecular weight is 229 g/mol. The fourth-order valence-corrected chi connectivity index (χ4v) is 1.28. The van der Waals surface area contributed by atoms with Crippen molar-refractivity contribution in [3.05, 3.63) is 31.4 Å². The zero-order chi connectivity index (χ0) is 11.7. The second kappa shape index (κ2) is 3.63. The minimum absolute atomic E-state index is 0.106. The maximum absolute atomic E-state index is 5.61. The fraction of sp³-hybridized carbons (Fsp3) is 0. The van der Waals surface area contributed by atoms with Crippen molar-refractivity contribution in [2.75, 3.05) is 5.73 Å². The third-order valence-corrected chi connectivity index (χ3v) is 1.99. The number of anilines is 1. The molecule has 0 amide bonds. The Morgan fingerprint density at radius 1 is 1.00 bits per heavy atom. The van der Waals surface area contributed by atoms with E-state index in [0.717, 1.165) is 0 Å². The molecule has 2 N–H and O–H groups in total. The molecule has 3 heterocycles. The van der Waals surface area contributed by atoms with Gasteiger partial charge in [0.2, 0.25) is 11.9 Å². The third kappa shape index (κ3) is 1.69. The van der Waals surface area contributed by atoms with Crippen molar-refractivity contribution >= 4 is 5.95 Å². The Morgan fingerprint density at radius 2 is 1.88 bits per heavy atom. The Hall–Kier alpha value is -2.84. The van der Waals surface area contributed by atoms with E-state index in [2.05, 4.69) is 30.0 Å². The van der Waals surface area contributed by atoms with Crippen molar-refractivity contribution in [3.63, 3.8) is 0 Å². The van der Waals surface area contributed by atoms with Crippen LogP contribution in [0.3, 0.4) is 0 Å². The maximum atomic E-state index is 5.61. The summed E-state index contributed by atoms with van der Waals surface area (Å²) in [6.07, 6.45) is 7.76. The fourth-order valence-electron chi connectivity index (χ4n) is 1.28. The molecule has 0 aliphatic heterocycles. The van der Waals surface area contributed by atoms with Gasteiger partial charge in [0.25, 0.3) is 5.95 Å². The summed E-state index contributed by atoms with van der Waals surface area (Å²) in [5.74, 6) is 0.786. The summed E-state index contributed by atoms with van der Waals surface area (Å²) in [5.41, 5.74) is 5.61. The molecule has 9 heteroatoms. The number of hydrogen-bond acceptors (Lipinski definition) is 7. The van der Waals surface area contributed by atoms with Crippen LogP contribution in [0.25, 0.3) is 11.9 Å². The first-order chi connectivity index (χ1) is 8.33. The third-order valence-electron chi connectivity index (χ3n) is 1.99. The van der Waals surface area contributed by atoms with E-state index in [0.29, 0.717) is 11.9 Å². The highest BCUT2D eigenvalue weighted by Crippen LogP contribution is 2.05. The monoisotopic (exact) mass is 229 g/mol. The Kier molecular flexibility index (Phi) is 2.00. The largest absolute Gasteiger partial charge is 0.368 e. The van der Waals surface area contributed by atoms with Gasteiger partial charge in [-0.3, -0.25) is 4.57 Å². The molecule has 3 aromatic heterocycles. The van der Waals surface area contributed by atoms with Crippen LogP contribution >= 0.6 is 0 Å². The van der Waals surface area contributed by atoms with E-state index < -0.39 is 0 Å². The van der Waals surface area contributed by atoms with E-state index in [-0.39, 0.29) is 5.95 Å². The zero-order valence-electron chi connectivity index (χ0n) is 8.54. The summed E-state index contributed by atoms with van der Waals surface area (Å²) in [7, 11) is 0. The Bertz CT molecular complexity index is 560. The summed E-state index contributed by atoms with van der Waals surface area (Å²) in [4.78, 5) is 19.9. The SMILES string of the molecule is Nc1nc(-n2ccnc2)nc(-n2cncn2)n1. The molecule has 0 saturated carbocycles. The lowest BCUT2D eigenvalue weighted by Crippen LogP contribution is -2.10. The summed E-state index contributed by atoms with van der Waals surface area (Å²) < 4.78 is 3.02. The van der Waals surface area contributed by atoms with Crippen LogP contribution in [0.1, 0.15) is 0 Å². The molecule has 9 nitrogen and oxygen atoms in total. The van der Waals surface area contributed by atoms with E-state index in [4.69, 9.17) is 5.73 Å². The molecule has 0 aliphatic carbocycles. The van der Waals surface area contributed by atoms with Gasteiger partial charge in [-0.25, -0.2) is 9.97 Å². The summed E-state index contributed by atoms with van der Waals surface area (Å²) in [5, 5.41) is 3.92. The lowest BCUT2D eigenvalue weighted by Gasteiger charge is -2.03. The number of imidazole rings is 1. The Balaban J connectivity index is 2.13. The van der Waals surface area contributed by atoms with Crippen LogP contribution in [0.5, 0.6) is 0 Å². The first-order valence-corrected chi connectivity index (χ1v) is 4.68. The van der Waals surface area contributed by atoms with E-state index in [1.165, 1.54) is 17.3 Å². The van der Waals surface area contributed by atoms with Crippen LogP contribution in [-0.2, 0) is 0 Å². The highest BCUT2D eigenvalue weighted by Gasteiger charge is 2.07.